The first kappa shape index (κ1) is 20.3. The van der Waals surface area contributed by atoms with Crippen LogP contribution < -0.4 is 15.6 Å². The van der Waals surface area contributed by atoms with Crippen molar-refractivity contribution in [3.8, 4) is 17.1 Å². The molecule has 1 N–H and O–H groups in total. The number of nitrogens with one attached hydrogen (secondary N) is 1. The van der Waals surface area contributed by atoms with Crippen LogP contribution in [0.15, 0.2) is 53.3 Å². The topological polar surface area (TPSA) is 73.2 Å². The molecule has 29 heavy (non-hydrogen) atoms. The number of ether oxygens (including phenoxy) is 1. The van der Waals surface area contributed by atoms with Gasteiger partial charge in [-0.1, -0.05) is 25.1 Å². The molecule has 6 nitrogen and oxygen atoms in total. The highest BCUT2D eigenvalue weighted by Crippen LogP contribution is 2.22. The molecule has 6 heteroatoms. The summed E-state index contributed by atoms with van der Waals surface area (Å²) in [6.45, 7) is 5.64. The van der Waals surface area contributed by atoms with Gasteiger partial charge in [0.05, 0.1) is 7.11 Å². The van der Waals surface area contributed by atoms with Crippen molar-refractivity contribution < 1.29 is 9.53 Å². The summed E-state index contributed by atoms with van der Waals surface area (Å²) in [7, 11) is 1.59. The Kier molecular flexibility index (Phi) is 6.12. The number of nitrogens with zero attached hydrogens (tertiary/aromatic N) is 2. The maximum Gasteiger partial charge on any atom is 0.254 e. The lowest BCUT2D eigenvalue weighted by Crippen LogP contribution is -2.30. The summed E-state index contributed by atoms with van der Waals surface area (Å²) in [4.78, 5) is 30.0. The van der Waals surface area contributed by atoms with E-state index in [1.165, 1.54) is 10.6 Å². The van der Waals surface area contributed by atoms with Crippen LogP contribution in [0.1, 0.15) is 23.7 Å². The molecule has 0 spiro atoms. The van der Waals surface area contributed by atoms with Crippen LogP contribution in [0.25, 0.3) is 11.4 Å². The Morgan fingerprint density at radius 1 is 1.14 bits per heavy atom. The second kappa shape index (κ2) is 8.73. The van der Waals surface area contributed by atoms with E-state index in [0.29, 0.717) is 17.3 Å². The first-order chi connectivity index (χ1) is 13.9. The number of aromatic nitrogens is 2. The fourth-order valence-electron chi connectivity index (χ4n) is 3.26. The molecule has 0 fully saturated rings. The molecule has 3 aromatic rings. The van der Waals surface area contributed by atoms with Crippen molar-refractivity contribution >= 4 is 11.6 Å². The number of amides is 1. The van der Waals surface area contributed by atoms with Crippen LogP contribution in [0.3, 0.4) is 0 Å². The lowest BCUT2D eigenvalue weighted by Gasteiger charge is -2.16. The summed E-state index contributed by atoms with van der Waals surface area (Å²) in [5.41, 5.74) is 3.93. The lowest BCUT2D eigenvalue weighted by atomic mass is 10.1. The van der Waals surface area contributed by atoms with Gasteiger partial charge in [-0.25, -0.2) is 4.98 Å². The van der Waals surface area contributed by atoms with Gasteiger partial charge >= 0.3 is 0 Å². The normalized spacial score (nSPS) is 10.6. The number of carbonyl (C=O) groups excluding carboxylic acids is 1. The molecule has 2 aromatic carbocycles. The largest absolute Gasteiger partial charge is 0.497 e. The molecule has 0 atom stereocenters. The highest BCUT2D eigenvalue weighted by molar-refractivity contribution is 5.92. The van der Waals surface area contributed by atoms with E-state index in [1.807, 2.05) is 44.2 Å². The van der Waals surface area contributed by atoms with Gasteiger partial charge in [0.25, 0.3) is 5.56 Å². The molecule has 0 saturated heterocycles. The SMILES string of the molecule is CCc1cccc(C)c1NC(=O)Cn1c(-c2ccc(OC)cc2)nc(C)cc1=O. The second-order valence-electron chi connectivity index (χ2n) is 6.88. The van der Waals surface area contributed by atoms with Gasteiger partial charge in [0.2, 0.25) is 5.91 Å². The average Bonchev–Trinajstić information content (AvgIpc) is 2.71. The minimum Gasteiger partial charge on any atom is -0.497 e. The van der Waals surface area contributed by atoms with Crippen LogP contribution in [-0.4, -0.2) is 22.6 Å². The summed E-state index contributed by atoms with van der Waals surface area (Å²) >= 11 is 0. The van der Waals surface area contributed by atoms with Gasteiger partial charge in [-0.3, -0.25) is 14.2 Å². The number of hydrogen-bond acceptors (Lipinski definition) is 4. The summed E-state index contributed by atoms with van der Waals surface area (Å²) in [5, 5.41) is 2.97. The third-order valence-electron chi connectivity index (χ3n) is 4.79. The Morgan fingerprint density at radius 3 is 2.52 bits per heavy atom. The molecule has 0 aliphatic rings. The molecule has 0 radical (unpaired) electrons. The molecular weight excluding hydrogens is 366 g/mol. The highest BCUT2D eigenvalue weighted by Gasteiger charge is 2.15. The molecule has 0 aliphatic carbocycles. The minimum absolute atomic E-state index is 0.120. The zero-order valence-corrected chi connectivity index (χ0v) is 17.2. The van der Waals surface area contributed by atoms with E-state index in [2.05, 4.69) is 10.3 Å². The Labute approximate surface area is 170 Å². The monoisotopic (exact) mass is 391 g/mol. The molecule has 150 valence electrons. The van der Waals surface area contributed by atoms with E-state index in [0.717, 1.165) is 28.8 Å². The van der Waals surface area contributed by atoms with Gasteiger partial charge in [0, 0.05) is 23.0 Å². The van der Waals surface area contributed by atoms with Crippen molar-refractivity contribution in [3.05, 3.63) is 75.7 Å². The molecule has 3 rings (SSSR count). The van der Waals surface area contributed by atoms with Gasteiger partial charge in [-0.15, -0.1) is 0 Å². The zero-order chi connectivity index (χ0) is 21.0. The quantitative estimate of drug-likeness (QED) is 0.695. The van der Waals surface area contributed by atoms with Crippen molar-refractivity contribution in [3.63, 3.8) is 0 Å². The molecule has 1 heterocycles. The molecule has 0 saturated carbocycles. The number of methoxy groups -OCH3 is 1. The first-order valence-corrected chi connectivity index (χ1v) is 9.54. The van der Waals surface area contributed by atoms with E-state index >= 15 is 0 Å². The van der Waals surface area contributed by atoms with Gasteiger partial charge in [0.15, 0.2) is 0 Å². The van der Waals surface area contributed by atoms with Gasteiger partial charge < -0.3 is 10.1 Å². The third-order valence-corrected chi connectivity index (χ3v) is 4.79. The van der Waals surface area contributed by atoms with E-state index in [1.54, 1.807) is 26.2 Å². The second-order valence-corrected chi connectivity index (χ2v) is 6.88. The minimum atomic E-state index is -0.267. The van der Waals surface area contributed by atoms with E-state index in [4.69, 9.17) is 4.74 Å². The van der Waals surface area contributed by atoms with Crippen molar-refractivity contribution in [2.45, 2.75) is 33.7 Å². The van der Waals surface area contributed by atoms with Crippen LogP contribution in [0.2, 0.25) is 0 Å². The van der Waals surface area contributed by atoms with Crippen LogP contribution in [0.5, 0.6) is 5.75 Å². The summed E-state index contributed by atoms with van der Waals surface area (Å²) in [6, 6.07) is 14.6. The molecule has 1 amide bonds. The summed E-state index contributed by atoms with van der Waals surface area (Å²) in [5.74, 6) is 0.893. The third kappa shape index (κ3) is 4.54. The Morgan fingerprint density at radius 2 is 1.86 bits per heavy atom. The van der Waals surface area contributed by atoms with E-state index in [9.17, 15) is 9.59 Å². The predicted octanol–water partition coefficient (Wildman–Crippen LogP) is 3.74. The number of hydrogen-bond donors (Lipinski definition) is 1. The Bertz CT molecular complexity index is 1090. The maximum absolute atomic E-state index is 12.8. The van der Waals surface area contributed by atoms with Crippen LogP contribution in [-0.2, 0) is 17.8 Å². The fourth-order valence-corrected chi connectivity index (χ4v) is 3.26. The molecule has 0 unspecified atom stereocenters. The van der Waals surface area contributed by atoms with Crippen LogP contribution in [0.4, 0.5) is 5.69 Å². The van der Waals surface area contributed by atoms with Gasteiger partial charge in [-0.2, -0.15) is 0 Å². The maximum atomic E-state index is 12.8. The standard InChI is InChI=1S/C23H25N3O3/c1-5-17-8-6-7-15(2)22(17)25-20(27)14-26-21(28)13-16(3)24-23(26)18-9-11-19(29-4)12-10-18/h6-13H,5,14H2,1-4H3,(H,25,27). The lowest BCUT2D eigenvalue weighted by molar-refractivity contribution is -0.116. The van der Waals surface area contributed by atoms with Crippen LogP contribution >= 0.6 is 0 Å². The number of para-hydroxylation sites is 1. The van der Waals surface area contributed by atoms with Crippen molar-refractivity contribution in [1.82, 2.24) is 9.55 Å². The van der Waals surface area contributed by atoms with E-state index in [-0.39, 0.29) is 18.0 Å². The number of anilines is 1. The van der Waals surface area contributed by atoms with Crippen molar-refractivity contribution in [2.75, 3.05) is 12.4 Å². The van der Waals surface area contributed by atoms with Crippen LogP contribution in [0, 0.1) is 13.8 Å². The molecular formula is C23H25N3O3. The molecule has 0 aliphatic heterocycles. The Balaban J connectivity index is 1.95. The first-order valence-electron chi connectivity index (χ1n) is 9.54. The molecule has 1 aromatic heterocycles. The summed E-state index contributed by atoms with van der Waals surface area (Å²) < 4.78 is 6.59. The van der Waals surface area contributed by atoms with Crippen molar-refractivity contribution in [2.24, 2.45) is 0 Å². The average molecular weight is 391 g/mol. The van der Waals surface area contributed by atoms with Crippen molar-refractivity contribution in [1.29, 1.82) is 0 Å². The smallest absolute Gasteiger partial charge is 0.254 e. The van der Waals surface area contributed by atoms with Gasteiger partial charge in [0.1, 0.15) is 18.1 Å². The van der Waals surface area contributed by atoms with E-state index < -0.39 is 0 Å². The fraction of sp³-hybridized carbons (Fsp3) is 0.261. The predicted molar refractivity (Wildman–Crippen MR) is 114 cm³/mol. The van der Waals surface area contributed by atoms with Gasteiger partial charge in [-0.05, 0) is 55.7 Å². The number of carbonyl (C=O) groups is 1. The Hall–Kier alpha value is -3.41. The highest BCUT2D eigenvalue weighted by atomic mass is 16.5. The summed E-state index contributed by atoms with van der Waals surface area (Å²) in [6.07, 6.45) is 0.806. The number of rotatable bonds is 6. The number of benzene rings is 2. The zero-order valence-electron chi connectivity index (χ0n) is 17.2. The number of aryl methyl sites for hydroxylation is 3. The molecule has 0 bridgehead atoms.